The number of aromatic nitrogens is 3. The first-order valence-corrected chi connectivity index (χ1v) is 8.55. The molecular formula is C17H16BrN5O3. The zero-order valence-corrected chi connectivity index (χ0v) is 15.5. The average molecular weight is 418 g/mol. The number of ether oxygens (including phenoxy) is 1. The zero-order valence-electron chi connectivity index (χ0n) is 13.9. The zero-order chi connectivity index (χ0) is 18.7. The van der Waals surface area contributed by atoms with E-state index in [4.69, 9.17) is 10.5 Å². The highest BCUT2D eigenvalue weighted by molar-refractivity contribution is 9.10. The van der Waals surface area contributed by atoms with Gasteiger partial charge in [-0.05, 0) is 40.2 Å². The third-order valence-electron chi connectivity index (χ3n) is 3.76. The van der Waals surface area contributed by atoms with Crippen molar-refractivity contribution < 1.29 is 14.3 Å². The molecule has 9 heteroatoms. The first kappa shape index (κ1) is 17.9. The van der Waals surface area contributed by atoms with Crippen LogP contribution in [-0.2, 0) is 4.79 Å². The summed E-state index contributed by atoms with van der Waals surface area (Å²) in [7, 11) is 1.77. The lowest BCUT2D eigenvalue weighted by atomic mass is 10.2. The maximum atomic E-state index is 11.4. The number of para-hydroxylation sites is 2. The van der Waals surface area contributed by atoms with E-state index >= 15 is 0 Å². The van der Waals surface area contributed by atoms with Crippen LogP contribution in [-0.4, -0.2) is 40.1 Å². The monoisotopic (exact) mass is 417 g/mol. The number of hydrogen-bond acceptors (Lipinski definition) is 5. The smallest absolute Gasteiger partial charge is 0.287 e. The maximum absolute atomic E-state index is 11.4. The van der Waals surface area contributed by atoms with E-state index in [0.717, 1.165) is 15.9 Å². The standard InChI is InChI=1S/C10H11NO2.C7H5BrN4O/c1-11-8-4-2-3-5-9(8)13-7-6-10(11)12;8-4-1-2-5-10-11-7(6(9)13)12(5)3-4/h2-5H,6-7H2,1H3;1-3H,(H2,9,13). The number of carbonyl (C=O) groups is 2. The first-order chi connectivity index (χ1) is 12.5. The summed E-state index contributed by atoms with van der Waals surface area (Å²) in [4.78, 5) is 23.9. The summed E-state index contributed by atoms with van der Waals surface area (Å²) in [5.74, 6) is 0.433. The Morgan fingerprint density at radius 3 is 2.77 bits per heavy atom. The number of nitrogens with two attached hydrogens (primary N) is 1. The molecule has 0 saturated heterocycles. The number of anilines is 1. The van der Waals surface area contributed by atoms with Crippen LogP contribution in [0.3, 0.4) is 0 Å². The van der Waals surface area contributed by atoms with Crippen LogP contribution in [0.25, 0.3) is 5.65 Å². The van der Waals surface area contributed by atoms with Gasteiger partial charge in [0.25, 0.3) is 5.91 Å². The summed E-state index contributed by atoms with van der Waals surface area (Å²) in [6, 6.07) is 11.1. The van der Waals surface area contributed by atoms with Crippen LogP contribution < -0.4 is 15.4 Å². The van der Waals surface area contributed by atoms with Crippen LogP contribution in [0.1, 0.15) is 17.0 Å². The van der Waals surface area contributed by atoms with Gasteiger partial charge in [-0.2, -0.15) is 0 Å². The van der Waals surface area contributed by atoms with Gasteiger partial charge in [0.15, 0.2) is 5.65 Å². The van der Waals surface area contributed by atoms with Gasteiger partial charge in [0.2, 0.25) is 11.7 Å². The molecule has 0 atom stereocenters. The quantitative estimate of drug-likeness (QED) is 0.652. The summed E-state index contributed by atoms with van der Waals surface area (Å²) in [5.41, 5.74) is 6.54. The Morgan fingerprint density at radius 2 is 2.00 bits per heavy atom. The fourth-order valence-corrected chi connectivity index (χ4v) is 2.78. The van der Waals surface area contributed by atoms with Gasteiger partial charge in [-0.15, -0.1) is 10.2 Å². The van der Waals surface area contributed by atoms with Crippen LogP contribution in [0.15, 0.2) is 47.1 Å². The third kappa shape index (κ3) is 3.67. The summed E-state index contributed by atoms with van der Waals surface area (Å²) < 4.78 is 7.80. The minimum Gasteiger partial charge on any atom is -0.491 e. The Kier molecular flexibility index (Phi) is 5.17. The van der Waals surface area contributed by atoms with Gasteiger partial charge in [0.05, 0.1) is 18.7 Å². The molecule has 8 nitrogen and oxygen atoms in total. The lowest BCUT2D eigenvalue weighted by Gasteiger charge is -2.15. The van der Waals surface area contributed by atoms with Crippen molar-refractivity contribution in [3.8, 4) is 5.75 Å². The van der Waals surface area contributed by atoms with Crippen molar-refractivity contribution in [1.29, 1.82) is 0 Å². The number of amides is 2. The number of benzene rings is 1. The number of halogens is 1. The molecule has 3 aromatic rings. The SMILES string of the molecule is CN1C(=O)CCOc2ccccc21.NC(=O)c1nnc2ccc(Br)cn12. The Morgan fingerprint density at radius 1 is 1.23 bits per heavy atom. The molecule has 0 spiro atoms. The number of pyridine rings is 1. The molecule has 0 radical (unpaired) electrons. The van der Waals surface area contributed by atoms with Gasteiger partial charge >= 0.3 is 0 Å². The van der Waals surface area contributed by atoms with Gasteiger partial charge < -0.3 is 15.4 Å². The van der Waals surface area contributed by atoms with Crippen LogP contribution in [0.5, 0.6) is 5.75 Å². The molecule has 1 aliphatic rings. The van der Waals surface area contributed by atoms with Gasteiger partial charge in [-0.1, -0.05) is 12.1 Å². The van der Waals surface area contributed by atoms with Crippen molar-refractivity contribution in [2.24, 2.45) is 5.73 Å². The molecule has 26 heavy (non-hydrogen) atoms. The minimum absolute atomic E-state index is 0.102. The summed E-state index contributed by atoms with van der Waals surface area (Å²) in [6.45, 7) is 0.472. The van der Waals surface area contributed by atoms with Crippen LogP contribution in [0.2, 0.25) is 0 Å². The van der Waals surface area contributed by atoms with E-state index in [1.165, 1.54) is 4.40 Å². The third-order valence-corrected chi connectivity index (χ3v) is 4.23. The van der Waals surface area contributed by atoms with E-state index in [1.54, 1.807) is 24.2 Å². The van der Waals surface area contributed by atoms with E-state index < -0.39 is 5.91 Å². The predicted molar refractivity (Wildman–Crippen MR) is 99.2 cm³/mol. The van der Waals surface area contributed by atoms with Crippen LogP contribution >= 0.6 is 15.9 Å². The Balaban J connectivity index is 0.000000151. The second kappa shape index (κ2) is 7.52. The van der Waals surface area contributed by atoms with Gasteiger partial charge in [0, 0.05) is 17.7 Å². The molecule has 3 heterocycles. The maximum Gasteiger partial charge on any atom is 0.287 e. The van der Waals surface area contributed by atoms with Gasteiger partial charge in [0.1, 0.15) is 5.75 Å². The van der Waals surface area contributed by atoms with E-state index in [-0.39, 0.29) is 11.7 Å². The fourth-order valence-electron chi connectivity index (χ4n) is 2.44. The van der Waals surface area contributed by atoms with E-state index in [1.807, 2.05) is 30.3 Å². The molecule has 0 aliphatic carbocycles. The molecule has 4 rings (SSSR count). The fraction of sp³-hybridized carbons (Fsp3) is 0.176. The second-order valence-electron chi connectivity index (χ2n) is 5.48. The summed E-state index contributed by atoms with van der Waals surface area (Å²) >= 11 is 3.27. The number of fused-ring (bicyclic) bond motifs is 2. The van der Waals surface area contributed by atoms with Crippen molar-refractivity contribution >= 4 is 39.1 Å². The highest BCUT2D eigenvalue weighted by atomic mass is 79.9. The van der Waals surface area contributed by atoms with Crippen molar-refractivity contribution in [2.75, 3.05) is 18.6 Å². The van der Waals surface area contributed by atoms with Gasteiger partial charge in [-0.3, -0.25) is 14.0 Å². The summed E-state index contributed by atoms with van der Waals surface area (Å²) in [5, 5.41) is 7.43. The molecule has 1 aromatic carbocycles. The predicted octanol–water partition coefficient (Wildman–Crippen LogP) is 2.02. The van der Waals surface area contributed by atoms with Crippen molar-refractivity contribution in [2.45, 2.75) is 6.42 Å². The highest BCUT2D eigenvalue weighted by Gasteiger charge is 2.18. The lowest BCUT2D eigenvalue weighted by Crippen LogP contribution is -2.24. The number of carbonyl (C=O) groups excluding carboxylic acids is 2. The van der Waals surface area contributed by atoms with Crippen LogP contribution in [0.4, 0.5) is 5.69 Å². The van der Waals surface area contributed by atoms with E-state index in [2.05, 4.69) is 26.1 Å². The minimum atomic E-state index is -0.592. The highest BCUT2D eigenvalue weighted by Crippen LogP contribution is 2.29. The first-order valence-electron chi connectivity index (χ1n) is 7.76. The van der Waals surface area contributed by atoms with Gasteiger partial charge in [-0.25, -0.2) is 0 Å². The molecule has 1 aliphatic heterocycles. The summed E-state index contributed by atoms with van der Waals surface area (Å²) in [6.07, 6.45) is 2.14. The Hall–Kier alpha value is -2.94. The number of hydrogen-bond donors (Lipinski definition) is 1. The largest absolute Gasteiger partial charge is 0.491 e. The Labute approximate surface area is 157 Å². The molecule has 0 bridgehead atoms. The molecule has 0 fully saturated rings. The number of nitrogens with zero attached hydrogens (tertiary/aromatic N) is 4. The number of primary amides is 1. The molecule has 2 aromatic heterocycles. The average Bonchev–Trinajstić information content (AvgIpc) is 2.99. The molecular weight excluding hydrogens is 402 g/mol. The normalized spacial score (nSPS) is 13.3. The lowest BCUT2D eigenvalue weighted by molar-refractivity contribution is -0.118. The molecule has 134 valence electrons. The van der Waals surface area contributed by atoms with E-state index in [9.17, 15) is 9.59 Å². The van der Waals surface area contributed by atoms with Crippen molar-refractivity contribution in [1.82, 2.24) is 14.6 Å². The van der Waals surface area contributed by atoms with Crippen LogP contribution in [0, 0.1) is 0 Å². The molecule has 2 amide bonds. The molecule has 0 unspecified atom stereocenters. The molecule has 2 N–H and O–H groups in total. The van der Waals surface area contributed by atoms with Crippen molar-refractivity contribution in [3.05, 3.63) is 52.9 Å². The molecule has 0 saturated carbocycles. The van der Waals surface area contributed by atoms with Crippen molar-refractivity contribution in [3.63, 3.8) is 0 Å². The van der Waals surface area contributed by atoms with E-state index in [0.29, 0.717) is 18.7 Å². The topological polar surface area (TPSA) is 103 Å². The second-order valence-corrected chi connectivity index (χ2v) is 6.40. The Bertz CT molecular complexity index is 972. The number of rotatable bonds is 1.